The minimum Gasteiger partial charge on any atom is -0.481 e. The summed E-state index contributed by atoms with van der Waals surface area (Å²) >= 11 is 0. The van der Waals surface area contributed by atoms with Crippen molar-refractivity contribution in [2.24, 2.45) is 11.8 Å². The minimum atomic E-state index is -0.651. The van der Waals surface area contributed by atoms with E-state index in [2.05, 4.69) is 5.16 Å². The van der Waals surface area contributed by atoms with Crippen molar-refractivity contribution in [3.63, 3.8) is 0 Å². The first-order valence-corrected chi connectivity index (χ1v) is 6.24. The highest BCUT2D eigenvalue weighted by molar-refractivity contribution is 5.70. The lowest BCUT2D eigenvalue weighted by atomic mass is 9.76. The lowest BCUT2D eigenvalue weighted by molar-refractivity contribution is -0.144. The summed E-state index contributed by atoms with van der Waals surface area (Å²) in [5.41, 5.74) is 2.00. The number of aromatic nitrogens is 1. The Labute approximate surface area is 101 Å². The van der Waals surface area contributed by atoms with E-state index in [1.807, 2.05) is 13.8 Å². The smallest absolute Gasteiger partial charge is 0.306 e. The number of aryl methyl sites for hydroxylation is 2. The van der Waals surface area contributed by atoms with Crippen molar-refractivity contribution in [1.29, 1.82) is 0 Å². The third-order valence-corrected chi connectivity index (χ3v) is 3.87. The normalized spacial score (nSPS) is 24.8. The van der Waals surface area contributed by atoms with Gasteiger partial charge < -0.3 is 9.63 Å². The van der Waals surface area contributed by atoms with Gasteiger partial charge in [-0.15, -0.1) is 0 Å². The molecular formula is C13H19NO3. The van der Waals surface area contributed by atoms with Crippen molar-refractivity contribution in [1.82, 2.24) is 5.16 Å². The Morgan fingerprint density at radius 3 is 2.71 bits per heavy atom. The zero-order chi connectivity index (χ0) is 12.4. The van der Waals surface area contributed by atoms with Gasteiger partial charge in [-0.25, -0.2) is 0 Å². The van der Waals surface area contributed by atoms with Gasteiger partial charge in [0.15, 0.2) is 0 Å². The first kappa shape index (κ1) is 12.1. The van der Waals surface area contributed by atoms with Crippen LogP contribution in [-0.2, 0) is 11.2 Å². The molecule has 4 heteroatoms. The van der Waals surface area contributed by atoms with Gasteiger partial charge in [-0.2, -0.15) is 0 Å². The van der Waals surface area contributed by atoms with Crippen LogP contribution >= 0.6 is 0 Å². The van der Waals surface area contributed by atoms with Crippen LogP contribution in [0.1, 0.15) is 42.7 Å². The Morgan fingerprint density at radius 2 is 2.12 bits per heavy atom. The number of carboxylic acids is 1. The molecule has 2 unspecified atom stereocenters. The summed E-state index contributed by atoms with van der Waals surface area (Å²) in [6, 6.07) is 0. The largest absolute Gasteiger partial charge is 0.481 e. The first-order chi connectivity index (χ1) is 8.09. The lowest BCUT2D eigenvalue weighted by Gasteiger charge is -2.28. The van der Waals surface area contributed by atoms with Gasteiger partial charge >= 0.3 is 5.97 Å². The summed E-state index contributed by atoms with van der Waals surface area (Å²) in [6.07, 6.45) is 4.77. The van der Waals surface area contributed by atoms with E-state index in [9.17, 15) is 9.90 Å². The number of carboxylic acid groups (broad SMARTS) is 1. The molecule has 1 N–H and O–H groups in total. The number of hydrogen-bond donors (Lipinski definition) is 1. The van der Waals surface area contributed by atoms with Crippen molar-refractivity contribution < 1.29 is 14.4 Å². The molecule has 1 heterocycles. The average Bonchev–Trinajstić information content (AvgIpc) is 2.61. The zero-order valence-corrected chi connectivity index (χ0v) is 10.4. The molecule has 2 atom stereocenters. The molecule has 1 aliphatic carbocycles. The monoisotopic (exact) mass is 237 g/mol. The summed E-state index contributed by atoms with van der Waals surface area (Å²) in [4.78, 5) is 11.2. The van der Waals surface area contributed by atoms with Crippen molar-refractivity contribution in [3.8, 4) is 0 Å². The van der Waals surface area contributed by atoms with E-state index >= 15 is 0 Å². The zero-order valence-electron chi connectivity index (χ0n) is 10.4. The highest BCUT2D eigenvalue weighted by Crippen LogP contribution is 2.34. The van der Waals surface area contributed by atoms with Crippen LogP contribution in [-0.4, -0.2) is 16.2 Å². The van der Waals surface area contributed by atoms with Crippen molar-refractivity contribution >= 4 is 5.97 Å². The molecule has 2 rings (SSSR count). The number of carbonyl (C=O) groups is 1. The van der Waals surface area contributed by atoms with Gasteiger partial charge in [0.1, 0.15) is 5.76 Å². The molecule has 0 bridgehead atoms. The maximum atomic E-state index is 11.2. The minimum absolute atomic E-state index is 0.197. The highest BCUT2D eigenvalue weighted by Gasteiger charge is 2.31. The van der Waals surface area contributed by atoms with Crippen LogP contribution in [0.5, 0.6) is 0 Å². The van der Waals surface area contributed by atoms with Crippen LogP contribution in [0.15, 0.2) is 4.52 Å². The van der Waals surface area contributed by atoms with Crippen molar-refractivity contribution in [3.05, 3.63) is 17.0 Å². The van der Waals surface area contributed by atoms with Crippen LogP contribution in [0, 0.1) is 25.7 Å². The van der Waals surface area contributed by atoms with E-state index in [1.165, 1.54) is 0 Å². The van der Waals surface area contributed by atoms with Gasteiger partial charge in [0, 0.05) is 5.56 Å². The second kappa shape index (κ2) is 4.90. The Morgan fingerprint density at radius 1 is 1.41 bits per heavy atom. The van der Waals surface area contributed by atoms with Crippen LogP contribution in [0.4, 0.5) is 0 Å². The number of hydrogen-bond acceptors (Lipinski definition) is 3. The van der Waals surface area contributed by atoms with E-state index in [4.69, 9.17) is 4.52 Å². The molecule has 1 fully saturated rings. The van der Waals surface area contributed by atoms with Gasteiger partial charge in [0.2, 0.25) is 0 Å². The molecule has 0 radical (unpaired) electrons. The molecule has 17 heavy (non-hydrogen) atoms. The fraction of sp³-hybridized carbons (Fsp3) is 0.692. The molecule has 1 aliphatic rings. The van der Waals surface area contributed by atoms with Crippen molar-refractivity contribution in [2.75, 3.05) is 0 Å². The van der Waals surface area contributed by atoms with Crippen LogP contribution in [0.25, 0.3) is 0 Å². The second-order valence-electron chi connectivity index (χ2n) is 5.00. The van der Waals surface area contributed by atoms with Crippen molar-refractivity contribution in [2.45, 2.75) is 46.0 Å². The predicted molar refractivity (Wildman–Crippen MR) is 62.8 cm³/mol. The fourth-order valence-electron chi connectivity index (χ4n) is 2.83. The maximum Gasteiger partial charge on any atom is 0.306 e. The molecule has 0 spiro atoms. The van der Waals surface area contributed by atoms with Gasteiger partial charge in [-0.1, -0.05) is 18.0 Å². The SMILES string of the molecule is Cc1noc(C)c1CC1CCCCC1C(=O)O. The van der Waals surface area contributed by atoms with E-state index < -0.39 is 5.97 Å². The number of nitrogens with zero attached hydrogens (tertiary/aromatic N) is 1. The fourth-order valence-corrected chi connectivity index (χ4v) is 2.83. The van der Waals surface area contributed by atoms with E-state index in [0.29, 0.717) is 0 Å². The van der Waals surface area contributed by atoms with Crippen LogP contribution in [0.3, 0.4) is 0 Å². The Hall–Kier alpha value is -1.32. The molecule has 1 saturated carbocycles. The third kappa shape index (κ3) is 2.51. The average molecular weight is 237 g/mol. The first-order valence-electron chi connectivity index (χ1n) is 6.24. The Bertz CT molecular complexity index is 391. The summed E-state index contributed by atoms with van der Waals surface area (Å²) < 4.78 is 5.14. The summed E-state index contributed by atoms with van der Waals surface area (Å²) in [7, 11) is 0. The molecular weight excluding hydrogens is 218 g/mol. The van der Waals surface area contributed by atoms with Gasteiger partial charge in [-0.3, -0.25) is 4.79 Å². The molecule has 0 saturated heterocycles. The molecule has 1 aromatic rings. The quantitative estimate of drug-likeness (QED) is 0.878. The predicted octanol–water partition coefficient (Wildman–Crippen LogP) is 2.72. The topological polar surface area (TPSA) is 63.3 Å². The molecule has 0 aliphatic heterocycles. The second-order valence-corrected chi connectivity index (χ2v) is 5.00. The third-order valence-electron chi connectivity index (χ3n) is 3.87. The summed E-state index contributed by atoms with van der Waals surface area (Å²) in [5.74, 6) is 0.217. The molecule has 0 amide bonds. The highest BCUT2D eigenvalue weighted by atomic mass is 16.5. The molecule has 4 nitrogen and oxygen atoms in total. The molecule has 94 valence electrons. The van der Waals surface area contributed by atoms with E-state index in [-0.39, 0.29) is 11.8 Å². The Kier molecular flexibility index (Phi) is 3.50. The molecule has 1 aromatic heterocycles. The lowest BCUT2D eigenvalue weighted by Crippen LogP contribution is -2.28. The van der Waals surface area contributed by atoms with Gasteiger partial charge in [0.05, 0.1) is 11.6 Å². The van der Waals surface area contributed by atoms with E-state index in [0.717, 1.165) is 49.1 Å². The van der Waals surface area contributed by atoms with Crippen LogP contribution < -0.4 is 0 Å². The maximum absolute atomic E-state index is 11.2. The number of aliphatic carboxylic acids is 1. The molecule has 0 aromatic carbocycles. The summed E-state index contributed by atoms with van der Waals surface area (Å²) in [5, 5.41) is 13.2. The van der Waals surface area contributed by atoms with Crippen LogP contribution in [0.2, 0.25) is 0 Å². The summed E-state index contributed by atoms with van der Waals surface area (Å²) in [6.45, 7) is 3.82. The number of rotatable bonds is 3. The van der Waals surface area contributed by atoms with Gasteiger partial charge in [0.25, 0.3) is 0 Å². The van der Waals surface area contributed by atoms with Gasteiger partial charge in [-0.05, 0) is 39.0 Å². The Balaban J connectivity index is 2.13. The standard InChI is InChI=1S/C13H19NO3/c1-8-12(9(2)17-14-8)7-10-5-3-4-6-11(10)13(15)16/h10-11H,3-7H2,1-2H3,(H,15,16). The van der Waals surface area contributed by atoms with E-state index in [1.54, 1.807) is 0 Å².